The summed E-state index contributed by atoms with van der Waals surface area (Å²) in [6, 6.07) is 13.8. The molecule has 0 spiro atoms. The van der Waals surface area contributed by atoms with E-state index in [1.807, 2.05) is 20.8 Å². The predicted molar refractivity (Wildman–Crippen MR) is 143 cm³/mol. The van der Waals surface area contributed by atoms with Crippen LogP contribution in [0.3, 0.4) is 0 Å². The van der Waals surface area contributed by atoms with Crippen LogP contribution in [0.15, 0.2) is 60.7 Å². The van der Waals surface area contributed by atoms with Crippen LogP contribution in [-0.2, 0) is 10.2 Å². The first-order chi connectivity index (χ1) is 17.9. The summed E-state index contributed by atoms with van der Waals surface area (Å²) >= 11 is 12.2. The van der Waals surface area contributed by atoms with Crippen LogP contribution in [0, 0.1) is 34.2 Å². The van der Waals surface area contributed by atoms with Crippen LogP contribution in [0.1, 0.15) is 44.2 Å². The number of rotatable bonds is 5. The van der Waals surface area contributed by atoms with Crippen molar-refractivity contribution in [1.29, 1.82) is 5.26 Å². The number of hydrogen-bond acceptors (Lipinski definition) is 3. The second-order valence-corrected chi connectivity index (χ2v) is 11.5. The van der Waals surface area contributed by atoms with E-state index in [2.05, 4.69) is 16.7 Å². The number of hydrogen-bond donors (Lipinski definition) is 2. The number of benzene rings is 3. The van der Waals surface area contributed by atoms with Crippen LogP contribution in [0.2, 0.25) is 10.0 Å². The first-order valence-corrected chi connectivity index (χ1v) is 12.8. The zero-order valence-electron chi connectivity index (χ0n) is 21.0. The van der Waals surface area contributed by atoms with E-state index in [-0.39, 0.29) is 26.6 Å². The van der Waals surface area contributed by atoms with E-state index in [1.54, 1.807) is 0 Å². The Morgan fingerprint density at radius 3 is 2.37 bits per heavy atom. The molecule has 0 saturated carbocycles. The van der Waals surface area contributed by atoms with E-state index < -0.39 is 46.8 Å². The second kappa shape index (κ2) is 10.6. The molecular weight excluding hydrogens is 534 g/mol. The number of nitrogens with one attached hydrogen (secondary N) is 2. The summed E-state index contributed by atoms with van der Waals surface area (Å²) < 4.78 is 44.7. The lowest BCUT2D eigenvalue weighted by atomic mass is 9.62. The molecule has 4 atom stereocenters. The highest BCUT2D eigenvalue weighted by Gasteiger charge is 2.61. The highest BCUT2D eigenvalue weighted by molar-refractivity contribution is 6.31. The Hall–Kier alpha value is -3.05. The molecular formula is C29H26Cl2F3N3O. The fraction of sp³-hybridized carbons (Fsp3) is 0.310. The van der Waals surface area contributed by atoms with Crippen molar-refractivity contribution in [3.05, 3.63) is 99.3 Å². The van der Waals surface area contributed by atoms with Crippen molar-refractivity contribution in [1.82, 2.24) is 5.32 Å². The van der Waals surface area contributed by atoms with Gasteiger partial charge < -0.3 is 10.6 Å². The lowest BCUT2D eigenvalue weighted by molar-refractivity contribution is -0.118. The van der Waals surface area contributed by atoms with Gasteiger partial charge in [0.15, 0.2) is 0 Å². The second-order valence-electron chi connectivity index (χ2n) is 10.7. The molecule has 2 unspecified atom stereocenters. The summed E-state index contributed by atoms with van der Waals surface area (Å²) in [5.74, 6) is -3.80. The van der Waals surface area contributed by atoms with Crippen LogP contribution in [-0.4, -0.2) is 18.0 Å². The average Bonchev–Trinajstić information content (AvgIpc) is 3.15. The third-order valence-electron chi connectivity index (χ3n) is 6.84. The summed E-state index contributed by atoms with van der Waals surface area (Å²) in [7, 11) is 0. The van der Waals surface area contributed by atoms with Crippen LogP contribution in [0.4, 0.5) is 18.9 Å². The van der Waals surface area contributed by atoms with E-state index >= 15 is 8.78 Å². The molecule has 4 nitrogen and oxygen atoms in total. The van der Waals surface area contributed by atoms with E-state index in [1.165, 1.54) is 54.6 Å². The van der Waals surface area contributed by atoms with Gasteiger partial charge in [-0.2, -0.15) is 5.26 Å². The minimum atomic E-state index is -1.72. The molecule has 1 aliphatic rings. The predicted octanol–water partition coefficient (Wildman–Crippen LogP) is 7.37. The number of carbonyl (C=O) groups is 1. The molecule has 198 valence electrons. The summed E-state index contributed by atoms with van der Waals surface area (Å²) in [4.78, 5) is 13.7. The largest absolute Gasteiger partial charge is 0.325 e. The molecule has 0 bridgehead atoms. The molecule has 9 heteroatoms. The molecule has 1 aliphatic heterocycles. The van der Waals surface area contributed by atoms with Gasteiger partial charge in [0.2, 0.25) is 5.91 Å². The zero-order chi connectivity index (χ0) is 27.8. The maximum Gasteiger partial charge on any atom is 0.242 e. The molecule has 2 N–H and O–H groups in total. The Morgan fingerprint density at radius 1 is 1.08 bits per heavy atom. The van der Waals surface area contributed by atoms with E-state index in [0.29, 0.717) is 12.1 Å². The molecule has 0 aromatic heterocycles. The molecule has 4 rings (SSSR count). The fourth-order valence-corrected chi connectivity index (χ4v) is 5.65. The highest BCUT2D eigenvalue weighted by atomic mass is 35.5. The fourth-order valence-electron chi connectivity index (χ4n) is 5.31. The first-order valence-electron chi connectivity index (χ1n) is 12.0. The first kappa shape index (κ1) is 28.0. The van der Waals surface area contributed by atoms with Crippen molar-refractivity contribution in [2.75, 3.05) is 5.32 Å². The Labute approximate surface area is 229 Å². The van der Waals surface area contributed by atoms with Gasteiger partial charge in [0, 0.05) is 28.2 Å². The topological polar surface area (TPSA) is 64.9 Å². The SMILES string of the molecule is CC(C)(C)CC1N[C@@H](C(=O)Nc2ccc(F)cc2)C(c2cccc(Cl)c2F)[C@@]1(C#N)c1ccc(Cl)cc1F. The van der Waals surface area contributed by atoms with Gasteiger partial charge in [-0.15, -0.1) is 0 Å². The maximum atomic E-state index is 15.6. The monoisotopic (exact) mass is 559 g/mol. The Morgan fingerprint density at radius 2 is 1.76 bits per heavy atom. The third-order valence-corrected chi connectivity index (χ3v) is 7.37. The third kappa shape index (κ3) is 5.26. The number of nitrogens with zero attached hydrogens (tertiary/aromatic N) is 1. The summed E-state index contributed by atoms with van der Waals surface area (Å²) in [5.41, 5.74) is -1.78. The van der Waals surface area contributed by atoms with Crippen molar-refractivity contribution in [2.45, 2.75) is 50.6 Å². The molecule has 0 radical (unpaired) electrons. The van der Waals surface area contributed by atoms with E-state index in [4.69, 9.17) is 23.2 Å². The van der Waals surface area contributed by atoms with Crippen LogP contribution in [0.25, 0.3) is 0 Å². The molecule has 3 aromatic carbocycles. The standard InChI is InChI=1S/C29H26Cl2F3N3O/c1-28(2,3)14-23-29(15-35,20-12-7-16(30)13-22(20)33)24(19-5-4-6-21(31)25(19)34)26(37-23)27(38)36-18-10-8-17(32)9-11-18/h4-13,23-24,26,37H,14H2,1-3H3,(H,36,38)/t23?,24?,26-,29+/m1/s1. The number of halogens is 5. The zero-order valence-corrected chi connectivity index (χ0v) is 22.5. The van der Waals surface area contributed by atoms with Gasteiger partial charge in [-0.25, -0.2) is 13.2 Å². The molecule has 3 aromatic rings. The van der Waals surface area contributed by atoms with Crippen molar-refractivity contribution >= 4 is 34.8 Å². The summed E-state index contributed by atoms with van der Waals surface area (Å²) in [6.07, 6.45) is 0.349. The molecule has 1 heterocycles. The van der Waals surface area contributed by atoms with E-state index in [9.17, 15) is 14.4 Å². The van der Waals surface area contributed by atoms with Crippen LogP contribution in [0.5, 0.6) is 0 Å². The molecule has 38 heavy (non-hydrogen) atoms. The van der Waals surface area contributed by atoms with Gasteiger partial charge in [0.25, 0.3) is 0 Å². The van der Waals surface area contributed by atoms with Gasteiger partial charge >= 0.3 is 0 Å². The van der Waals surface area contributed by atoms with Crippen molar-refractivity contribution in [3.63, 3.8) is 0 Å². The minimum absolute atomic E-state index is 0.00318. The quantitative estimate of drug-likeness (QED) is 0.343. The average molecular weight is 560 g/mol. The van der Waals surface area contributed by atoms with Crippen molar-refractivity contribution in [2.24, 2.45) is 5.41 Å². The Kier molecular flexibility index (Phi) is 7.81. The number of anilines is 1. The molecule has 1 fully saturated rings. The lowest BCUT2D eigenvalue weighted by Crippen LogP contribution is -2.45. The highest BCUT2D eigenvalue weighted by Crippen LogP contribution is 2.52. The Bertz CT molecular complexity index is 1400. The van der Waals surface area contributed by atoms with Gasteiger partial charge in [0.1, 0.15) is 22.9 Å². The Balaban J connectivity index is 1.96. The van der Waals surface area contributed by atoms with Gasteiger partial charge in [-0.3, -0.25) is 4.79 Å². The summed E-state index contributed by atoms with van der Waals surface area (Å²) in [5, 5.41) is 16.7. The molecule has 1 amide bonds. The number of nitriles is 1. The molecule has 1 saturated heterocycles. The maximum absolute atomic E-state index is 15.6. The van der Waals surface area contributed by atoms with E-state index in [0.717, 1.165) is 6.07 Å². The van der Waals surface area contributed by atoms with Gasteiger partial charge in [0.05, 0.1) is 17.1 Å². The molecule has 0 aliphatic carbocycles. The van der Waals surface area contributed by atoms with Crippen molar-refractivity contribution < 1.29 is 18.0 Å². The number of amides is 1. The normalized spacial score (nSPS) is 23.2. The van der Waals surface area contributed by atoms with Crippen molar-refractivity contribution in [3.8, 4) is 6.07 Å². The number of carbonyl (C=O) groups excluding carboxylic acids is 1. The lowest BCUT2D eigenvalue weighted by Gasteiger charge is -2.37. The minimum Gasteiger partial charge on any atom is -0.325 e. The summed E-state index contributed by atoms with van der Waals surface area (Å²) in [6.45, 7) is 5.86. The van der Waals surface area contributed by atoms with Gasteiger partial charge in [-0.05, 0) is 59.9 Å². The van der Waals surface area contributed by atoms with Crippen LogP contribution < -0.4 is 10.6 Å². The smallest absolute Gasteiger partial charge is 0.242 e. The van der Waals surface area contributed by atoms with Gasteiger partial charge in [-0.1, -0.05) is 62.2 Å². The van der Waals surface area contributed by atoms with Crippen LogP contribution >= 0.6 is 23.2 Å².